The van der Waals surface area contributed by atoms with E-state index in [0.29, 0.717) is 0 Å². The Balaban J connectivity index is 0.00000169. The van der Waals surface area contributed by atoms with E-state index in [1.807, 2.05) is 12.1 Å². The van der Waals surface area contributed by atoms with Crippen LogP contribution in [0.3, 0.4) is 0 Å². The van der Waals surface area contributed by atoms with Gasteiger partial charge in [0.2, 0.25) is 0 Å². The predicted octanol–water partition coefficient (Wildman–Crippen LogP) is 3.12. The summed E-state index contributed by atoms with van der Waals surface area (Å²) in [6.45, 7) is 8.97. The van der Waals surface area contributed by atoms with Crippen molar-refractivity contribution in [3.8, 4) is 0 Å². The second-order valence-corrected chi connectivity index (χ2v) is 3.10. The zero-order valence-corrected chi connectivity index (χ0v) is 9.46. The molecule has 0 fully saturated rings. The first-order valence-electron chi connectivity index (χ1n) is 4.74. The molecular weight excluding hydrogens is 194 g/mol. The Morgan fingerprint density at radius 2 is 1.93 bits per heavy atom. The van der Waals surface area contributed by atoms with Gasteiger partial charge in [-0.2, -0.15) is 0 Å². The molecule has 0 N–H and O–H groups in total. The van der Waals surface area contributed by atoms with Crippen molar-refractivity contribution in [2.75, 3.05) is 13.1 Å². The highest BCUT2D eigenvalue weighted by atomic mass is 35.5. The number of hydrogen-bond donors (Lipinski definition) is 0. The maximum Gasteiger partial charge on any atom is 0.0236 e. The molecule has 0 aromatic heterocycles. The average molecular weight is 212 g/mol. The van der Waals surface area contributed by atoms with Crippen LogP contribution in [0, 0.1) is 0 Å². The lowest BCUT2D eigenvalue weighted by Gasteiger charge is -2.17. The van der Waals surface area contributed by atoms with Gasteiger partial charge in [0, 0.05) is 13.1 Å². The maximum absolute atomic E-state index is 3.75. The minimum absolute atomic E-state index is 0. The Kier molecular flexibility index (Phi) is 7.17. The average Bonchev–Trinajstić information content (AvgIpc) is 2.19. The van der Waals surface area contributed by atoms with Crippen LogP contribution in [0.2, 0.25) is 0 Å². The Bertz CT molecular complexity index is 246. The van der Waals surface area contributed by atoms with E-state index < -0.39 is 0 Å². The summed E-state index contributed by atoms with van der Waals surface area (Å²) < 4.78 is 0. The van der Waals surface area contributed by atoms with Gasteiger partial charge in [0.05, 0.1) is 0 Å². The van der Waals surface area contributed by atoms with Crippen LogP contribution in [0.1, 0.15) is 12.5 Å². The molecule has 0 bridgehead atoms. The van der Waals surface area contributed by atoms with Gasteiger partial charge in [0.25, 0.3) is 0 Å². The van der Waals surface area contributed by atoms with Gasteiger partial charge in [-0.05, 0) is 12.1 Å². The molecule has 0 saturated carbocycles. The lowest BCUT2D eigenvalue weighted by Crippen LogP contribution is -2.22. The van der Waals surface area contributed by atoms with E-state index in [1.165, 1.54) is 5.56 Å². The molecule has 0 unspecified atom stereocenters. The number of likely N-dealkylation sites (N-methyl/N-ethyl adjacent to an activating group) is 1. The highest BCUT2D eigenvalue weighted by Crippen LogP contribution is 2.03. The molecule has 0 radical (unpaired) electrons. The van der Waals surface area contributed by atoms with Crippen molar-refractivity contribution < 1.29 is 0 Å². The monoisotopic (exact) mass is 211 g/mol. The lowest BCUT2D eigenvalue weighted by atomic mass is 10.2. The molecule has 2 heteroatoms. The highest BCUT2D eigenvalue weighted by molar-refractivity contribution is 5.85. The molecule has 1 aromatic rings. The molecule has 0 amide bonds. The molecular formula is C12H18ClN. The molecule has 78 valence electrons. The van der Waals surface area contributed by atoms with Gasteiger partial charge in [-0.1, -0.05) is 43.3 Å². The summed E-state index contributed by atoms with van der Waals surface area (Å²) in [6, 6.07) is 10.5. The molecule has 1 rings (SSSR count). The van der Waals surface area contributed by atoms with E-state index in [-0.39, 0.29) is 12.4 Å². The normalized spacial score (nSPS) is 9.57. The van der Waals surface area contributed by atoms with Gasteiger partial charge < -0.3 is 0 Å². The topological polar surface area (TPSA) is 3.24 Å². The molecule has 0 atom stereocenters. The summed E-state index contributed by atoms with van der Waals surface area (Å²) in [5.41, 5.74) is 1.37. The van der Waals surface area contributed by atoms with Crippen LogP contribution in [0.15, 0.2) is 43.0 Å². The Morgan fingerprint density at radius 1 is 1.29 bits per heavy atom. The third-order valence-electron chi connectivity index (χ3n) is 2.08. The quantitative estimate of drug-likeness (QED) is 0.677. The van der Waals surface area contributed by atoms with Crippen LogP contribution >= 0.6 is 12.4 Å². The van der Waals surface area contributed by atoms with Crippen molar-refractivity contribution in [1.82, 2.24) is 4.90 Å². The van der Waals surface area contributed by atoms with Crippen LogP contribution in [0.25, 0.3) is 0 Å². The summed E-state index contributed by atoms with van der Waals surface area (Å²) in [7, 11) is 0. The van der Waals surface area contributed by atoms with Crippen LogP contribution in [-0.4, -0.2) is 18.0 Å². The first-order chi connectivity index (χ1) is 6.36. The van der Waals surface area contributed by atoms with E-state index >= 15 is 0 Å². The first kappa shape index (κ1) is 13.2. The largest absolute Gasteiger partial charge is 0.296 e. The van der Waals surface area contributed by atoms with Gasteiger partial charge in [0.15, 0.2) is 0 Å². The Labute approximate surface area is 92.8 Å². The molecule has 14 heavy (non-hydrogen) atoms. The maximum atomic E-state index is 3.75. The highest BCUT2D eigenvalue weighted by Gasteiger charge is 1.99. The van der Waals surface area contributed by atoms with Crippen LogP contribution in [-0.2, 0) is 6.54 Å². The fraction of sp³-hybridized carbons (Fsp3) is 0.333. The van der Waals surface area contributed by atoms with E-state index in [4.69, 9.17) is 0 Å². The number of nitrogens with zero attached hydrogens (tertiary/aromatic N) is 1. The van der Waals surface area contributed by atoms with Crippen LogP contribution < -0.4 is 0 Å². The standard InChI is InChI=1S/C12H17N.ClH/c1-3-10-13(4-2)11-12-8-6-5-7-9-12;/h3,5-9H,1,4,10-11H2,2H3;1H. The summed E-state index contributed by atoms with van der Waals surface area (Å²) in [6.07, 6.45) is 1.95. The van der Waals surface area contributed by atoms with Crippen molar-refractivity contribution in [3.05, 3.63) is 48.6 Å². The summed E-state index contributed by atoms with van der Waals surface area (Å²) in [5, 5.41) is 0. The van der Waals surface area contributed by atoms with Gasteiger partial charge >= 0.3 is 0 Å². The summed E-state index contributed by atoms with van der Waals surface area (Å²) in [4.78, 5) is 2.35. The fourth-order valence-electron chi connectivity index (χ4n) is 1.33. The van der Waals surface area contributed by atoms with Crippen LogP contribution in [0.5, 0.6) is 0 Å². The van der Waals surface area contributed by atoms with Crippen molar-refractivity contribution in [2.45, 2.75) is 13.5 Å². The van der Waals surface area contributed by atoms with Crippen molar-refractivity contribution in [1.29, 1.82) is 0 Å². The zero-order chi connectivity index (χ0) is 9.52. The predicted molar refractivity (Wildman–Crippen MR) is 64.8 cm³/mol. The molecule has 1 nitrogen and oxygen atoms in total. The first-order valence-corrected chi connectivity index (χ1v) is 4.74. The van der Waals surface area contributed by atoms with Crippen molar-refractivity contribution in [2.24, 2.45) is 0 Å². The molecule has 1 aromatic carbocycles. The Morgan fingerprint density at radius 3 is 2.43 bits per heavy atom. The number of rotatable bonds is 5. The molecule has 0 aliphatic carbocycles. The van der Waals surface area contributed by atoms with E-state index in [9.17, 15) is 0 Å². The van der Waals surface area contributed by atoms with Gasteiger partial charge in [-0.15, -0.1) is 19.0 Å². The van der Waals surface area contributed by atoms with Gasteiger partial charge in [-0.3, -0.25) is 4.90 Å². The third kappa shape index (κ3) is 4.45. The van der Waals surface area contributed by atoms with E-state index in [2.05, 4.69) is 42.7 Å². The Hall–Kier alpha value is -0.790. The van der Waals surface area contributed by atoms with Crippen molar-refractivity contribution >= 4 is 12.4 Å². The van der Waals surface area contributed by atoms with E-state index in [1.54, 1.807) is 0 Å². The van der Waals surface area contributed by atoms with Crippen molar-refractivity contribution in [3.63, 3.8) is 0 Å². The second kappa shape index (κ2) is 7.60. The third-order valence-corrected chi connectivity index (χ3v) is 2.08. The zero-order valence-electron chi connectivity index (χ0n) is 8.65. The van der Waals surface area contributed by atoms with E-state index in [0.717, 1.165) is 19.6 Å². The number of hydrogen-bond acceptors (Lipinski definition) is 1. The molecule has 0 saturated heterocycles. The van der Waals surface area contributed by atoms with Gasteiger partial charge in [-0.25, -0.2) is 0 Å². The molecule has 0 spiro atoms. The smallest absolute Gasteiger partial charge is 0.0236 e. The second-order valence-electron chi connectivity index (χ2n) is 3.10. The number of benzene rings is 1. The molecule has 0 heterocycles. The minimum atomic E-state index is 0. The number of halogens is 1. The molecule has 0 aliphatic rings. The summed E-state index contributed by atoms with van der Waals surface area (Å²) in [5.74, 6) is 0. The fourth-order valence-corrected chi connectivity index (χ4v) is 1.33. The molecule has 0 aliphatic heterocycles. The minimum Gasteiger partial charge on any atom is -0.296 e. The summed E-state index contributed by atoms with van der Waals surface area (Å²) >= 11 is 0. The SMILES string of the molecule is C=CCN(CC)Cc1ccccc1.Cl. The lowest BCUT2D eigenvalue weighted by molar-refractivity contribution is 0.311. The van der Waals surface area contributed by atoms with Gasteiger partial charge in [0.1, 0.15) is 0 Å². The van der Waals surface area contributed by atoms with Crippen LogP contribution in [0.4, 0.5) is 0 Å².